The van der Waals surface area contributed by atoms with Gasteiger partial charge in [-0.1, -0.05) is 31.5 Å². The number of hydrogen-bond acceptors (Lipinski definition) is 5. The summed E-state index contributed by atoms with van der Waals surface area (Å²) in [6.45, 7) is 3.23. The number of carbonyl (C=O) groups excluding carboxylic acids is 1. The topological polar surface area (TPSA) is 99.1 Å². The van der Waals surface area contributed by atoms with Crippen molar-refractivity contribution in [2.75, 3.05) is 33.3 Å². The summed E-state index contributed by atoms with van der Waals surface area (Å²) in [5.41, 5.74) is -0.167. The Bertz CT molecular complexity index is 651. The van der Waals surface area contributed by atoms with Gasteiger partial charge in [0, 0.05) is 19.6 Å². The molecule has 0 radical (unpaired) electrons. The van der Waals surface area contributed by atoms with Gasteiger partial charge in [-0.2, -0.15) is 0 Å². The van der Waals surface area contributed by atoms with Crippen LogP contribution in [0.3, 0.4) is 0 Å². The molecule has 7 nitrogen and oxygen atoms in total. The van der Waals surface area contributed by atoms with Crippen LogP contribution in [0.2, 0.25) is 0 Å². The molecule has 0 aliphatic carbocycles. The molecule has 0 spiro atoms. The van der Waals surface area contributed by atoms with Gasteiger partial charge in [-0.3, -0.25) is 14.5 Å². The summed E-state index contributed by atoms with van der Waals surface area (Å²) >= 11 is 0. The molecule has 1 heterocycles. The second kappa shape index (κ2) is 9.71. The molecule has 0 bridgehead atoms. The summed E-state index contributed by atoms with van der Waals surface area (Å²) in [6, 6.07) is 7.67. The molecule has 150 valence electrons. The highest BCUT2D eigenvalue weighted by Crippen LogP contribution is 2.35. The van der Waals surface area contributed by atoms with Gasteiger partial charge in [0.25, 0.3) is 0 Å². The number of hydrogen-bond donors (Lipinski definition) is 3. The maximum absolute atomic E-state index is 12.3. The second-order valence-electron chi connectivity index (χ2n) is 7.14. The number of carboxylic acids is 1. The molecule has 3 N–H and O–H groups in total. The molecule has 2 rings (SSSR count). The lowest BCUT2D eigenvalue weighted by Crippen LogP contribution is -2.57. The minimum absolute atomic E-state index is 0.136. The number of nitrogens with one attached hydrogen (secondary N) is 1. The van der Waals surface area contributed by atoms with E-state index in [1.54, 1.807) is 7.11 Å². The molecule has 1 fully saturated rings. The van der Waals surface area contributed by atoms with E-state index in [2.05, 4.69) is 5.32 Å². The quantitative estimate of drug-likeness (QED) is 0.599. The van der Waals surface area contributed by atoms with Crippen LogP contribution in [0.1, 0.15) is 31.7 Å². The minimum atomic E-state index is -1.19. The van der Waals surface area contributed by atoms with Crippen molar-refractivity contribution in [2.24, 2.45) is 5.41 Å². The average Bonchev–Trinajstić information content (AvgIpc) is 2.65. The number of aliphatic hydroxyl groups excluding tert-OH is 1. The Morgan fingerprint density at radius 2 is 2.11 bits per heavy atom. The monoisotopic (exact) mass is 378 g/mol. The predicted molar refractivity (Wildman–Crippen MR) is 102 cm³/mol. The third-order valence-corrected chi connectivity index (χ3v) is 5.26. The number of likely N-dealkylation sites (tertiary alicyclic amines) is 1. The van der Waals surface area contributed by atoms with E-state index in [0.717, 1.165) is 11.3 Å². The summed E-state index contributed by atoms with van der Waals surface area (Å²) in [5.74, 6) is -0.335. The summed E-state index contributed by atoms with van der Waals surface area (Å²) in [5, 5.41) is 22.8. The van der Waals surface area contributed by atoms with Crippen molar-refractivity contribution < 1.29 is 24.5 Å². The van der Waals surface area contributed by atoms with Gasteiger partial charge in [0.05, 0.1) is 19.8 Å². The van der Waals surface area contributed by atoms with E-state index >= 15 is 0 Å². The fourth-order valence-corrected chi connectivity index (χ4v) is 3.81. The van der Waals surface area contributed by atoms with E-state index < -0.39 is 17.5 Å². The van der Waals surface area contributed by atoms with Crippen LogP contribution in [0.15, 0.2) is 24.3 Å². The molecule has 1 aliphatic rings. The van der Waals surface area contributed by atoms with Crippen molar-refractivity contribution in [2.45, 2.75) is 38.7 Å². The molecule has 0 saturated carbocycles. The van der Waals surface area contributed by atoms with Gasteiger partial charge >= 0.3 is 5.97 Å². The number of aliphatic carboxylic acids is 1. The van der Waals surface area contributed by atoms with E-state index in [9.17, 15) is 19.8 Å². The zero-order chi connectivity index (χ0) is 19.9. The fraction of sp³-hybridized carbons (Fsp3) is 0.600. The van der Waals surface area contributed by atoms with E-state index in [-0.39, 0.29) is 19.0 Å². The molecular formula is C20H30N2O5. The first kappa shape index (κ1) is 21.2. The van der Waals surface area contributed by atoms with Crippen LogP contribution in [0.5, 0.6) is 5.75 Å². The number of piperidine rings is 1. The maximum Gasteiger partial charge on any atom is 0.313 e. The summed E-state index contributed by atoms with van der Waals surface area (Å²) in [6.07, 6.45) is 1.21. The van der Waals surface area contributed by atoms with Crippen LogP contribution >= 0.6 is 0 Å². The molecular weight excluding hydrogens is 348 g/mol. The molecule has 0 aromatic heterocycles. The second-order valence-corrected chi connectivity index (χ2v) is 7.14. The van der Waals surface area contributed by atoms with Gasteiger partial charge < -0.3 is 20.3 Å². The number of carbonyl (C=O) groups is 2. The van der Waals surface area contributed by atoms with Gasteiger partial charge in [-0.25, -0.2) is 0 Å². The number of carboxylic acid groups (broad SMARTS) is 1. The SMILES string of the molecule is CCC[C@@]1(C(=O)O)CN(CC(=O)NCCc2ccccc2OC)CC[C@@H]1O. The lowest BCUT2D eigenvalue weighted by Gasteiger charge is -2.43. The Balaban J connectivity index is 1.87. The van der Waals surface area contributed by atoms with Crippen LogP contribution in [0.25, 0.3) is 0 Å². The van der Waals surface area contributed by atoms with Crippen LogP contribution in [-0.4, -0.2) is 66.4 Å². The van der Waals surface area contributed by atoms with Crippen LogP contribution in [0, 0.1) is 5.41 Å². The number of benzene rings is 1. The normalized spacial score (nSPS) is 23.0. The van der Waals surface area contributed by atoms with Crippen LogP contribution in [-0.2, 0) is 16.0 Å². The van der Waals surface area contributed by atoms with Gasteiger partial charge in [-0.05, 0) is 30.9 Å². The number of para-hydroxylation sites is 1. The van der Waals surface area contributed by atoms with Crippen LogP contribution < -0.4 is 10.1 Å². The highest BCUT2D eigenvalue weighted by molar-refractivity contribution is 5.79. The van der Waals surface area contributed by atoms with E-state index in [0.29, 0.717) is 38.8 Å². The summed E-state index contributed by atoms with van der Waals surface area (Å²) in [7, 11) is 1.62. The Hall–Kier alpha value is -2.12. The van der Waals surface area contributed by atoms with E-state index in [1.165, 1.54) is 0 Å². The first-order valence-corrected chi connectivity index (χ1v) is 9.45. The zero-order valence-corrected chi connectivity index (χ0v) is 16.1. The van der Waals surface area contributed by atoms with E-state index in [1.807, 2.05) is 36.1 Å². The zero-order valence-electron chi connectivity index (χ0n) is 16.1. The van der Waals surface area contributed by atoms with Crippen LogP contribution in [0.4, 0.5) is 0 Å². The number of ether oxygens (including phenoxy) is 1. The average molecular weight is 378 g/mol. The van der Waals surface area contributed by atoms with Crippen molar-refractivity contribution in [3.05, 3.63) is 29.8 Å². The number of aliphatic hydroxyl groups is 1. The lowest BCUT2D eigenvalue weighted by molar-refractivity contribution is -0.165. The Kier molecular flexibility index (Phi) is 7.62. The molecule has 0 unspecified atom stereocenters. The highest BCUT2D eigenvalue weighted by Gasteiger charge is 2.48. The summed E-state index contributed by atoms with van der Waals surface area (Å²) < 4.78 is 5.30. The fourth-order valence-electron chi connectivity index (χ4n) is 3.81. The molecule has 1 amide bonds. The number of methoxy groups -OCH3 is 1. The largest absolute Gasteiger partial charge is 0.496 e. The third kappa shape index (κ3) is 5.20. The van der Waals surface area contributed by atoms with Gasteiger partial charge in [-0.15, -0.1) is 0 Å². The predicted octanol–water partition coefficient (Wildman–Crippen LogP) is 1.29. The van der Waals surface area contributed by atoms with Crippen molar-refractivity contribution in [3.8, 4) is 5.75 Å². The third-order valence-electron chi connectivity index (χ3n) is 5.26. The maximum atomic E-state index is 12.3. The molecule has 7 heteroatoms. The van der Waals surface area contributed by atoms with Gasteiger partial charge in [0.1, 0.15) is 11.2 Å². The summed E-state index contributed by atoms with van der Waals surface area (Å²) in [4.78, 5) is 25.9. The molecule has 27 heavy (non-hydrogen) atoms. The Morgan fingerprint density at radius 1 is 1.37 bits per heavy atom. The molecule has 1 aromatic carbocycles. The lowest BCUT2D eigenvalue weighted by atomic mass is 9.74. The van der Waals surface area contributed by atoms with Gasteiger partial charge in [0.15, 0.2) is 0 Å². The number of rotatable bonds is 9. The smallest absolute Gasteiger partial charge is 0.313 e. The number of amides is 1. The highest BCUT2D eigenvalue weighted by atomic mass is 16.5. The Morgan fingerprint density at radius 3 is 2.78 bits per heavy atom. The van der Waals surface area contributed by atoms with Crippen molar-refractivity contribution in [3.63, 3.8) is 0 Å². The van der Waals surface area contributed by atoms with Crippen molar-refractivity contribution in [1.29, 1.82) is 0 Å². The molecule has 1 aromatic rings. The van der Waals surface area contributed by atoms with E-state index in [4.69, 9.17) is 4.74 Å². The molecule has 1 aliphatic heterocycles. The van der Waals surface area contributed by atoms with Crippen molar-refractivity contribution >= 4 is 11.9 Å². The molecule has 1 saturated heterocycles. The van der Waals surface area contributed by atoms with Gasteiger partial charge in [0.2, 0.25) is 5.91 Å². The Labute approximate surface area is 160 Å². The first-order chi connectivity index (χ1) is 12.9. The standard InChI is InChI=1S/C20H30N2O5/c1-3-10-20(19(25)26)14-22(12-9-17(20)23)13-18(24)21-11-8-15-6-4-5-7-16(15)27-2/h4-7,17,23H,3,8-14H2,1-2H3,(H,21,24)(H,25,26)/t17-,20+/m0/s1. The first-order valence-electron chi connectivity index (χ1n) is 9.45. The molecule has 2 atom stereocenters. The minimum Gasteiger partial charge on any atom is -0.496 e. The van der Waals surface area contributed by atoms with Crippen molar-refractivity contribution in [1.82, 2.24) is 10.2 Å². The number of nitrogens with zero attached hydrogens (tertiary/aromatic N) is 1.